The zero-order chi connectivity index (χ0) is 21.1. The molecule has 160 valence electrons. The summed E-state index contributed by atoms with van der Waals surface area (Å²) in [5, 5.41) is 2.78. The zero-order valence-electron chi connectivity index (χ0n) is 17.4. The van der Waals surface area contributed by atoms with E-state index in [1.165, 1.54) is 18.4 Å². The molecule has 2 N–H and O–H groups in total. The van der Waals surface area contributed by atoms with Crippen LogP contribution in [0.4, 0.5) is 5.69 Å². The van der Waals surface area contributed by atoms with Crippen LogP contribution in [0.3, 0.4) is 0 Å². The molecule has 4 rings (SSSR count). The summed E-state index contributed by atoms with van der Waals surface area (Å²) in [5.41, 5.74) is 3.72. The minimum atomic E-state index is -3.62. The number of piperidine rings is 1. The van der Waals surface area contributed by atoms with Crippen molar-refractivity contribution >= 4 is 21.6 Å². The molecule has 30 heavy (non-hydrogen) atoms. The van der Waals surface area contributed by atoms with Crippen LogP contribution in [0.2, 0.25) is 0 Å². The van der Waals surface area contributed by atoms with Crippen molar-refractivity contribution in [2.45, 2.75) is 50.6 Å². The van der Waals surface area contributed by atoms with E-state index in [2.05, 4.69) is 34.0 Å². The fourth-order valence-electron chi connectivity index (χ4n) is 4.10. The summed E-state index contributed by atoms with van der Waals surface area (Å²) in [6, 6.07) is 13.0. The molecule has 2 aliphatic rings. The number of hydrogen-bond donors (Lipinski definition) is 2. The molecule has 0 aromatic heterocycles. The number of benzene rings is 2. The van der Waals surface area contributed by atoms with E-state index < -0.39 is 10.0 Å². The number of anilines is 1. The molecule has 0 spiro atoms. The number of aryl methyl sites for hydroxylation is 1. The van der Waals surface area contributed by atoms with Crippen LogP contribution >= 0.6 is 0 Å². The van der Waals surface area contributed by atoms with Gasteiger partial charge in [0.25, 0.3) is 0 Å². The van der Waals surface area contributed by atoms with Gasteiger partial charge in [-0.2, -0.15) is 0 Å². The van der Waals surface area contributed by atoms with E-state index in [1.54, 1.807) is 18.2 Å². The van der Waals surface area contributed by atoms with Crippen molar-refractivity contribution in [2.24, 2.45) is 5.92 Å². The lowest BCUT2D eigenvalue weighted by molar-refractivity contribution is -0.116. The molecule has 0 radical (unpaired) electrons. The largest absolute Gasteiger partial charge is 0.326 e. The third-order valence-corrected chi connectivity index (χ3v) is 7.42. The summed E-state index contributed by atoms with van der Waals surface area (Å²) in [7, 11) is -3.62. The summed E-state index contributed by atoms with van der Waals surface area (Å²) in [6.45, 7) is 5.71. The Labute approximate surface area is 178 Å². The van der Waals surface area contributed by atoms with Crippen molar-refractivity contribution in [3.8, 4) is 0 Å². The van der Waals surface area contributed by atoms with Crippen LogP contribution in [0.5, 0.6) is 0 Å². The number of nitrogens with zero attached hydrogens (tertiary/aromatic N) is 1. The van der Waals surface area contributed by atoms with E-state index in [9.17, 15) is 13.2 Å². The minimum Gasteiger partial charge on any atom is -0.326 e. The van der Waals surface area contributed by atoms with Crippen molar-refractivity contribution in [1.29, 1.82) is 0 Å². The average Bonchev–Trinajstić information content (AvgIpc) is 2.74. The number of carbonyl (C=O) groups excluding carboxylic acids is 1. The Hall–Kier alpha value is -2.22. The smallest absolute Gasteiger partial charge is 0.240 e. The molecule has 0 aliphatic carbocycles. The first-order valence-corrected chi connectivity index (χ1v) is 12.1. The molecule has 0 unspecified atom stereocenters. The second-order valence-corrected chi connectivity index (χ2v) is 10.2. The third-order valence-electron chi connectivity index (χ3n) is 6.02. The third kappa shape index (κ3) is 5.09. The second-order valence-electron chi connectivity index (χ2n) is 8.47. The van der Waals surface area contributed by atoms with Gasteiger partial charge in [-0.1, -0.05) is 31.2 Å². The fraction of sp³-hybridized carbons (Fsp3) is 0.435. The van der Waals surface area contributed by atoms with Crippen molar-refractivity contribution in [1.82, 2.24) is 9.62 Å². The first-order chi connectivity index (χ1) is 14.4. The molecule has 0 saturated carbocycles. The van der Waals surface area contributed by atoms with Gasteiger partial charge in [-0.05, 0) is 73.2 Å². The number of sulfonamides is 1. The molecule has 7 heteroatoms. The lowest BCUT2D eigenvalue weighted by atomic mass is 9.98. The molecular weight excluding hydrogens is 398 g/mol. The van der Waals surface area contributed by atoms with Crippen LogP contribution in [0.25, 0.3) is 0 Å². The van der Waals surface area contributed by atoms with Gasteiger partial charge < -0.3 is 5.32 Å². The molecule has 2 aliphatic heterocycles. The summed E-state index contributed by atoms with van der Waals surface area (Å²) in [5.74, 6) is 0.775. The van der Waals surface area contributed by atoms with Crippen LogP contribution in [0.15, 0.2) is 47.4 Å². The highest BCUT2D eigenvalue weighted by molar-refractivity contribution is 7.89. The van der Waals surface area contributed by atoms with Crippen LogP contribution < -0.4 is 10.0 Å². The van der Waals surface area contributed by atoms with Crippen molar-refractivity contribution in [3.05, 3.63) is 59.2 Å². The maximum absolute atomic E-state index is 12.8. The SMILES string of the molecule is CC1CCN(Cc2cccc(CNS(=O)(=O)c3ccc4c(c3)CCC(=O)N4)c2)CC1. The molecule has 6 nitrogen and oxygen atoms in total. The predicted octanol–water partition coefficient (Wildman–Crippen LogP) is 3.28. The average molecular weight is 428 g/mol. The Morgan fingerprint density at radius 1 is 1.07 bits per heavy atom. The molecule has 2 aromatic carbocycles. The van der Waals surface area contributed by atoms with E-state index in [0.29, 0.717) is 18.5 Å². The minimum absolute atomic E-state index is 0.0322. The van der Waals surface area contributed by atoms with Gasteiger partial charge in [0.05, 0.1) is 4.90 Å². The van der Waals surface area contributed by atoms with Gasteiger partial charge in [0.2, 0.25) is 15.9 Å². The Bertz CT molecular complexity index is 1030. The highest BCUT2D eigenvalue weighted by atomic mass is 32.2. The fourth-order valence-corrected chi connectivity index (χ4v) is 5.17. The highest BCUT2D eigenvalue weighted by Gasteiger charge is 2.20. The maximum Gasteiger partial charge on any atom is 0.240 e. The van der Waals surface area contributed by atoms with E-state index >= 15 is 0 Å². The van der Waals surface area contributed by atoms with Gasteiger partial charge in [0, 0.05) is 25.2 Å². The van der Waals surface area contributed by atoms with Crippen LogP contribution in [-0.4, -0.2) is 32.3 Å². The first kappa shape index (κ1) is 21.0. The normalized spacial score (nSPS) is 18.1. The molecular formula is C23H29N3O3S. The van der Waals surface area contributed by atoms with Crippen molar-refractivity contribution in [2.75, 3.05) is 18.4 Å². The van der Waals surface area contributed by atoms with Gasteiger partial charge >= 0.3 is 0 Å². The van der Waals surface area contributed by atoms with Gasteiger partial charge in [-0.25, -0.2) is 13.1 Å². The number of nitrogens with one attached hydrogen (secondary N) is 2. The summed E-state index contributed by atoms with van der Waals surface area (Å²) in [4.78, 5) is 14.2. The van der Waals surface area contributed by atoms with Gasteiger partial charge in [0.15, 0.2) is 0 Å². The molecule has 1 fully saturated rings. The molecule has 0 bridgehead atoms. The Morgan fingerprint density at radius 3 is 2.63 bits per heavy atom. The Morgan fingerprint density at radius 2 is 1.83 bits per heavy atom. The van der Waals surface area contributed by atoms with Gasteiger partial charge in [0.1, 0.15) is 0 Å². The summed E-state index contributed by atoms with van der Waals surface area (Å²) >= 11 is 0. The predicted molar refractivity (Wildman–Crippen MR) is 118 cm³/mol. The van der Waals surface area contributed by atoms with Crippen LogP contribution in [0, 0.1) is 5.92 Å². The van der Waals surface area contributed by atoms with Crippen LogP contribution in [-0.2, 0) is 34.3 Å². The summed E-state index contributed by atoms with van der Waals surface area (Å²) in [6.07, 6.45) is 3.42. The highest BCUT2D eigenvalue weighted by Crippen LogP contribution is 2.25. The lowest BCUT2D eigenvalue weighted by Gasteiger charge is -2.30. The first-order valence-electron chi connectivity index (χ1n) is 10.6. The van der Waals surface area contributed by atoms with Gasteiger partial charge in [-0.15, -0.1) is 0 Å². The van der Waals surface area contributed by atoms with Gasteiger partial charge in [-0.3, -0.25) is 9.69 Å². The number of carbonyl (C=O) groups is 1. The monoisotopic (exact) mass is 427 g/mol. The van der Waals surface area contributed by atoms with Crippen molar-refractivity contribution < 1.29 is 13.2 Å². The lowest BCUT2D eigenvalue weighted by Crippen LogP contribution is -2.32. The number of fused-ring (bicyclic) bond motifs is 1. The molecule has 2 heterocycles. The van der Waals surface area contributed by atoms with Crippen LogP contribution in [0.1, 0.15) is 42.9 Å². The van der Waals surface area contributed by atoms with Crippen molar-refractivity contribution in [3.63, 3.8) is 0 Å². The zero-order valence-corrected chi connectivity index (χ0v) is 18.2. The number of amides is 1. The quantitative estimate of drug-likeness (QED) is 0.742. The Kier molecular flexibility index (Phi) is 6.22. The molecule has 1 saturated heterocycles. The number of hydrogen-bond acceptors (Lipinski definition) is 4. The standard InChI is InChI=1S/C23H29N3O3S/c1-17-9-11-26(12-10-17)16-19-4-2-3-18(13-19)15-24-30(28,29)21-6-7-22-20(14-21)5-8-23(27)25-22/h2-4,6-7,13-14,17,24H,5,8-12,15-16H2,1H3,(H,25,27). The second kappa shape index (κ2) is 8.88. The molecule has 1 amide bonds. The Balaban J connectivity index is 1.40. The number of rotatable bonds is 6. The van der Waals surface area contributed by atoms with E-state index in [0.717, 1.165) is 36.7 Å². The van der Waals surface area contributed by atoms with E-state index in [-0.39, 0.29) is 17.3 Å². The van der Waals surface area contributed by atoms with E-state index in [1.807, 2.05) is 12.1 Å². The molecule has 0 atom stereocenters. The summed E-state index contributed by atoms with van der Waals surface area (Å²) < 4.78 is 28.3. The molecule has 2 aromatic rings. The number of likely N-dealkylation sites (tertiary alicyclic amines) is 1. The topological polar surface area (TPSA) is 78.5 Å². The van der Waals surface area contributed by atoms with E-state index in [4.69, 9.17) is 0 Å². The maximum atomic E-state index is 12.8.